The number of carbonyl (C=O) groups is 1. The molecule has 5 nitrogen and oxygen atoms in total. The van der Waals surface area contributed by atoms with Crippen molar-refractivity contribution in [3.8, 4) is 17.0 Å². The molecule has 1 saturated carbocycles. The van der Waals surface area contributed by atoms with Gasteiger partial charge in [0.2, 0.25) is 0 Å². The Balaban J connectivity index is 0.00000320. The van der Waals surface area contributed by atoms with Gasteiger partial charge in [0, 0.05) is 30.1 Å². The monoisotopic (exact) mass is 495 g/mol. The number of pyridine rings is 1. The average molecular weight is 496 g/mol. The zero-order chi connectivity index (χ0) is 24.9. The maximum Gasteiger partial charge on any atom is 0.252 e. The van der Waals surface area contributed by atoms with E-state index in [0.717, 1.165) is 53.8 Å². The molecule has 0 bridgehead atoms. The average Bonchev–Trinajstić information content (AvgIpc) is 2.88. The molecule has 1 aromatic heterocycles. The number of ether oxygens (including phenoxy) is 1. The molecule has 1 aliphatic rings. The molecule has 0 radical (unpaired) electrons. The molecule has 3 aromatic carbocycles. The Morgan fingerprint density at radius 1 is 1.00 bits per heavy atom. The van der Waals surface area contributed by atoms with Gasteiger partial charge < -0.3 is 15.0 Å². The molecule has 0 spiro atoms. The van der Waals surface area contributed by atoms with E-state index in [9.17, 15) is 4.79 Å². The van der Waals surface area contributed by atoms with E-state index in [2.05, 4.69) is 47.6 Å². The molecule has 4 aromatic rings. The molecule has 0 aliphatic heterocycles. The second-order valence-electron chi connectivity index (χ2n) is 9.72. The van der Waals surface area contributed by atoms with E-state index < -0.39 is 0 Å². The standard InChI is InChI=1S/C31H33N3O2.CH4/c1-3-36-26-15-13-24(14-16-26)30-19-28(27-11-7-8-12-29(27)33-30)31(35)32-25-17-23(18-25)21-34(2)20-22-9-5-4-6-10-22;/h4-16,19,23,25H,3,17-18,20-21H2,1-2H3,(H,32,35);1H4. The lowest BCUT2D eigenvalue weighted by Gasteiger charge is -2.38. The molecular weight excluding hydrogens is 458 g/mol. The molecule has 1 N–H and O–H groups in total. The normalized spacial score (nSPS) is 16.6. The van der Waals surface area contributed by atoms with Crippen molar-refractivity contribution in [2.24, 2.45) is 5.92 Å². The summed E-state index contributed by atoms with van der Waals surface area (Å²) >= 11 is 0. The van der Waals surface area contributed by atoms with E-state index in [1.807, 2.05) is 61.5 Å². The van der Waals surface area contributed by atoms with Crippen molar-refractivity contribution in [3.05, 3.63) is 96.1 Å². The van der Waals surface area contributed by atoms with Crippen LogP contribution in [0, 0.1) is 5.92 Å². The van der Waals surface area contributed by atoms with E-state index in [-0.39, 0.29) is 19.4 Å². The fraction of sp³-hybridized carbons (Fsp3) is 0.312. The summed E-state index contributed by atoms with van der Waals surface area (Å²) in [6.45, 7) is 4.59. The number of nitrogens with one attached hydrogen (secondary N) is 1. The van der Waals surface area contributed by atoms with Crippen LogP contribution in [0.25, 0.3) is 22.2 Å². The highest BCUT2D eigenvalue weighted by Gasteiger charge is 2.31. The summed E-state index contributed by atoms with van der Waals surface area (Å²) in [5.41, 5.74) is 4.58. The van der Waals surface area contributed by atoms with Gasteiger partial charge in [-0.15, -0.1) is 0 Å². The first kappa shape index (κ1) is 26.4. The van der Waals surface area contributed by atoms with Crippen LogP contribution in [-0.4, -0.2) is 42.0 Å². The van der Waals surface area contributed by atoms with Gasteiger partial charge in [-0.25, -0.2) is 4.98 Å². The third kappa shape index (κ3) is 6.36. The molecular formula is C32H37N3O2. The highest BCUT2D eigenvalue weighted by molar-refractivity contribution is 6.07. The van der Waals surface area contributed by atoms with E-state index in [0.29, 0.717) is 18.1 Å². The smallest absolute Gasteiger partial charge is 0.252 e. The number of hydrogen-bond donors (Lipinski definition) is 1. The van der Waals surface area contributed by atoms with Gasteiger partial charge in [-0.2, -0.15) is 0 Å². The van der Waals surface area contributed by atoms with Crippen molar-refractivity contribution >= 4 is 16.8 Å². The van der Waals surface area contributed by atoms with Gasteiger partial charge in [-0.05, 0) is 74.7 Å². The van der Waals surface area contributed by atoms with Gasteiger partial charge in [-0.1, -0.05) is 56.0 Å². The molecule has 192 valence electrons. The van der Waals surface area contributed by atoms with E-state index in [4.69, 9.17) is 9.72 Å². The Labute approximate surface area is 220 Å². The van der Waals surface area contributed by atoms with Crippen molar-refractivity contribution in [1.29, 1.82) is 0 Å². The number of hydrogen-bond acceptors (Lipinski definition) is 4. The predicted molar refractivity (Wildman–Crippen MR) is 152 cm³/mol. The number of rotatable bonds is 9. The minimum atomic E-state index is -0.0260. The molecule has 1 aliphatic carbocycles. The Hall–Kier alpha value is -3.70. The van der Waals surface area contributed by atoms with Crippen LogP contribution in [0.15, 0.2) is 84.9 Å². The largest absolute Gasteiger partial charge is 0.494 e. The number of benzene rings is 3. The van der Waals surface area contributed by atoms with Crippen molar-refractivity contribution in [2.75, 3.05) is 20.2 Å². The van der Waals surface area contributed by atoms with Crippen molar-refractivity contribution in [3.63, 3.8) is 0 Å². The summed E-state index contributed by atoms with van der Waals surface area (Å²) in [5.74, 6) is 1.41. The van der Waals surface area contributed by atoms with E-state index >= 15 is 0 Å². The van der Waals surface area contributed by atoms with E-state index in [1.165, 1.54) is 5.56 Å². The van der Waals surface area contributed by atoms with Crippen LogP contribution in [0.4, 0.5) is 0 Å². The molecule has 37 heavy (non-hydrogen) atoms. The van der Waals surface area contributed by atoms with Crippen LogP contribution in [-0.2, 0) is 6.54 Å². The fourth-order valence-electron chi connectivity index (χ4n) is 5.07. The number of carbonyl (C=O) groups excluding carboxylic acids is 1. The highest BCUT2D eigenvalue weighted by atomic mass is 16.5. The third-order valence-electron chi connectivity index (χ3n) is 6.86. The highest BCUT2D eigenvalue weighted by Crippen LogP contribution is 2.30. The minimum Gasteiger partial charge on any atom is -0.494 e. The van der Waals surface area contributed by atoms with Crippen molar-refractivity contribution in [2.45, 2.75) is 39.8 Å². The molecule has 0 saturated heterocycles. The summed E-state index contributed by atoms with van der Waals surface area (Å²) in [6, 6.07) is 28.4. The summed E-state index contributed by atoms with van der Waals surface area (Å²) in [4.78, 5) is 20.6. The molecule has 5 heteroatoms. The maximum absolute atomic E-state index is 13.4. The lowest BCUT2D eigenvalue weighted by Crippen LogP contribution is -2.47. The van der Waals surface area contributed by atoms with Crippen LogP contribution < -0.4 is 10.1 Å². The molecule has 1 fully saturated rings. The Morgan fingerprint density at radius 3 is 2.43 bits per heavy atom. The van der Waals surface area contributed by atoms with Gasteiger partial charge in [-0.3, -0.25) is 4.79 Å². The molecule has 1 amide bonds. The number of amides is 1. The minimum absolute atomic E-state index is 0. The van der Waals surface area contributed by atoms with Gasteiger partial charge >= 0.3 is 0 Å². The molecule has 0 atom stereocenters. The van der Waals surface area contributed by atoms with Gasteiger partial charge in [0.15, 0.2) is 0 Å². The summed E-state index contributed by atoms with van der Waals surface area (Å²) in [6.07, 6.45) is 2.03. The predicted octanol–water partition coefficient (Wildman–Crippen LogP) is 6.58. The van der Waals surface area contributed by atoms with Gasteiger partial charge in [0.05, 0.1) is 23.4 Å². The molecule has 5 rings (SSSR count). The van der Waals surface area contributed by atoms with Crippen molar-refractivity contribution in [1.82, 2.24) is 15.2 Å². The van der Waals surface area contributed by atoms with Crippen LogP contribution >= 0.6 is 0 Å². The second-order valence-corrected chi connectivity index (χ2v) is 9.72. The summed E-state index contributed by atoms with van der Waals surface area (Å²) in [7, 11) is 2.17. The Morgan fingerprint density at radius 2 is 1.70 bits per heavy atom. The first-order valence-electron chi connectivity index (χ1n) is 12.8. The van der Waals surface area contributed by atoms with Gasteiger partial charge in [0.1, 0.15) is 5.75 Å². The zero-order valence-electron chi connectivity index (χ0n) is 21.0. The fourth-order valence-corrected chi connectivity index (χ4v) is 5.07. The van der Waals surface area contributed by atoms with Gasteiger partial charge in [0.25, 0.3) is 5.91 Å². The maximum atomic E-state index is 13.4. The van der Waals surface area contributed by atoms with Crippen LogP contribution in [0.1, 0.15) is 43.1 Å². The van der Waals surface area contributed by atoms with Crippen LogP contribution in [0.3, 0.4) is 0 Å². The second kappa shape index (κ2) is 12.0. The SMILES string of the molecule is C.CCOc1ccc(-c2cc(C(=O)NC3CC(CN(C)Cc4ccccc4)C3)c3ccccc3n2)cc1. The topological polar surface area (TPSA) is 54.5 Å². The number of fused-ring (bicyclic) bond motifs is 1. The van der Waals surface area contributed by atoms with Crippen LogP contribution in [0.2, 0.25) is 0 Å². The lowest BCUT2D eigenvalue weighted by atomic mass is 9.79. The molecule has 0 unspecified atom stereocenters. The number of para-hydroxylation sites is 1. The Kier molecular flexibility index (Phi) is 8.57. The zero-order valence-corrected chi connectivity index (χ0v) is 21.0. The summed E-state index contributed by atoms with van der Waals surface area (Å²) in [5, 5.41) is 4.15. The number of aromatic nitrogens is 1. The summed E-state index contributed by atoms with van der Waals surface area (Å²) < 4.78 is 5.57. The quantitative estimate of drug-likeness (QED) is 0.285. The first-order chi connectivity index (χ1) is 17.6. The first-order valence-corrected chi connectivity index (χ1v) is 12.8. The lowest BCUT2D eigenvalue weighted by molar-refractivity contribution is 0.0868. The van der Waals surface area contributed by atoms with Crippen LogP contribution in [0.5, 0.6) is 5.75 Å². The van der Waals surface area contributed by atoms with Crippen molar-refractivity contribution < 1.29 is 9.53 Å². The molecule has 1 heterocycles. The Bertz CT molecular complexity index is 1320. The third-order valence-corrected chi connectivity index (χ3v) is 6.86. The van der Waals surface area contributed by atoms with E-state index in [1.54, 1.807) is 0 Å². The number of nitrogens with zero attached hydrogens (tertiary/aromatic N) is 2.